The summed E-state index contributed by atoms with van der Waals surface area (Å²) in [6.07, 6.45) is 14.4. The highest BCUT2D eigenvalue weighted by Crippen LogP contribution is 2.06. The van der Waals surface area contributed by atoms with Gasteiger partial charge >= 0.3 is 0 Å². The minimum atomic E-state index is -0.0198. The van der Waals surface area contributed by atoms with E-state index in [0.29, 0.717) is 13.2 Å². The fraction of sp³-hybridized carbons (Fsp3) is 0.889. The lowest BCUT2D eigenvalue weighted by Crippen LogP contribution is -2.22. The zero-order valence-corrected chi connectivity index (χ0v) is 16.8. The van der Waals surface area contributed by atoms with Gasteiger partial charge in [0.15, 0.2) is 0 Å². The molecule has 9 nitrogen and oxygen atoms in total. The Morgan fingerprint density at radius 1 is 0.519 bits per heavy atom. The molecule has 0 aliphatic carbocycles. The SMILES string of the molecule is NC(N)=NOCCCCCCCCNCCCCCCCCON=C(N)N. The van der Waals surface area contributed by atoms with Gasteiger partial charge in [-0.15, -0.1) is 0 Å². The van der Waals surface area contributed by atoms with Crippen LogP contribution < -0.4 is 28.3 Å². The lowest BCUT2D eigenvalue weighted by Gasteiger charge is -2.05. The summed E-state index contributed by atoms with van der Waals surface area (Å²) in [4.78, 5) is 9.88. The van der Waals surface area contributed by atoms with Gasteiger partial charge in [0.25, 0.3) is 0 Å². The third kappa shape index (κ3) is 24.1. The molecule has 0 fully saturated rings. The van der Waals surface area contributed by atoms with Crippen molar-refractivity contribution in [3.05, 3.63) is 0 Å². The van der Waals surface area contributed by atoms with Gasteiger partial charge < -0.3 is 37.9 Å². The van der Waals surface area contributed by atoms with E-state index in [-0.39, 0.29) is 11.9 Å². The first kappa shape index (κ1) is 25.1. The Labute approximate surface area is 164 Å². The van der Waals surface area contributed by atoms with Gasteiger partial charge in [-0.2, -0.15) is 0 Å². The summed E-state index contributed by atoms with van der Waals surface area (Å²) in [7, 11) is 0. The van der Waals surface area contributed by atoms with Crippen LogP contribution in [-0.4, -0.2) is 38.2 Å². The van der Waals surface area contributed by atoms with E-state index in [1.54, 1.807) is 0 Å². The maximum atomic E-state index is 5.16. The van der Waals surface area contributed by atoms with Crippen LogP contribution in [0, 0.1) is 0 Å². The molecule has 0 aromatic carbocycles. The van der Waals surface area contributed by atoms with Gasteiger partial charge in [0.2, 0.25) is 11.9 Å². The Bertz CT molecular complexity index is 337. The van der Waals surface area contributed by atoms with Crippen molar-refractivity contribution in [3.8, 4) is 0 Å². The van der Waals surface area contributed by atoms with E-state index in [1.165, 1.54) is 51.4 Å². The normalized spacial score (nSPS) is 10.4. The molecule has 0 radical (unpaired) electrons. The molecule has 0 saturated heterocycles. The van der Waals surface area contributed by atoms with Crippen LogP contribution in [0.5, 0.6) is 0 Å². The molecule has 160 valence electrons. The highest BCUT2D eigenvalue weighted by molar-refractivity contribution is 5.75. The van der Waals surface area contributed by atoms with Crippen LogP contribution in [0.15, 0.2) is 10.3 Å². The summed E-state index contributed by atoms with van der Waals surface area (Å²) >= 11 is 0. The first-order valence-corrected chi connectivity index (χ1v) is 10.3. The minimum Gasteiger partial charge on any atom is -0.393 e. The summed E-state index contributed by atoms with van der Waals surface area (Å²) in [5.41, 5.74) is 20.7. The second-order valence-corrected chi connectivity index (χ2v) is 6.69. The van der Waals surface area contributed by atoms with Crippen LogP contribution in [0.2, 0.25) is 0 Å². The largest absolute Gasteiger partial charge is 0.393 e. The topological polar surface area (TPSA) is 159 Å². The summed E-state index contributed by atoms with van der Waals surface area (Å²) in [5, 5.41) is 10.5. The van der Waals surface area contributed by atoms with Gasteiger partial charge in [-0.25, -0.2) is 0 Å². The molecule has 0 heterocycles. The highest BCUT2D eigenvalue weighted by atomic mass is 16.6. The minimum absolute atomic E-state index is 0.0198. The van der Waals surface area contributed by atoms with Crippen molar-refractivity contribution >= 4 is 11.9 Å². The zero-order chi connectivity index (χ0) is 20.0. The Morgan fingerprint density at radius 3 is 1.22 bits per heavy atom. The van der Waals surface area contributed by atoms with Gasteiger partial charge in [-0.3, -0.25) is 0 Å². The van der Waals surface area contributed by atoms with Crippen molar-refractivity contribution < 1.29 is 9.68 Å². The van der Waals surface area contributed by atoms with Gasteiger partial charge in [0.1, 0.15) is 13.2 Å². The lowest BCUT2D eigenvalue weighted by atomic mass is 10.1. The Kier molecular flexibility index (Phi) is 19.0. The van der Waals surface area contributed by atoms with E-state index in [4.69, 9.17) is 32.6 Å². The molecule has 0 aliphatic rings. The number of rotatable bonds is 20. The summed E-state index contributed by atoms with van der Waals surface area (Å²) in [5.74, 6) is -0.0396. The Morgan fingerprint density at radius 2 is 0.852 bits per heavy atom. The number of hydrogen-bond acceptors (Lipinski definition) is 5. The molecule has 0 aromatic rings. The quantitative estimate of drug-likeness (QED) is 0.0919. The Hall–Kier alpha value is -1.90. The van der Waals surface area contributed by atoms with Gasteiger partial charge in [-0.05, 0) is 61.9 Å². The van der Waals surface area contributed by atoms with Crippen molar-refractivity contribution in [1.29, 1.82) is 0 Å². The van der Waals surface area contributed by atoms with E-state index >= 15 is 0 Å². The van der Waals surface area contributed by atoms with Gasteiger partial charge in [0, 0.05) is 0 Å². The van der Waals surface area contributed by atoms with Crippen LogP contribution in [0.4, 0.5) is 0 Å². The predicted octanol–water partition coefficient (Wildman–Crippen LogP) is 1.67. The third-order valence-electron chi connectivity index (χ3n) is 4.02. The molecule has 0 aromatic heterocycles. The second kappa shape index (κ2) is 20.4. The van der Waals surface area contributed by atoms with Crippen LogP contribution >= 0.6 is 0 Å². The molecule has 0 rings (SSSR count). The number of guanidine groups is 2. The lowest BCUT2D eigenvalue weighted by molar-refractivity contribution is 0.139. The molecule has 0 unspecified atom stereocenters. The highest BCUT2D eigenvalue weighted by Gasteiger charge is 1.95. The van der Waals surface area contributed by atoms with Crippen molar-refractivity contribution in [2.24, 2.45) is 33.2 Å². The number of unbranched alkanes of at least 4 members (excludes halogenated alkanes) is 10. The molecule has 27 heavy (non-hydrogen) atoms. The number of nitrogens with one attached hydrogen (secondary N) is 1. The molecule has 9 heteroatoms. The van der Waals surface area contributed by atoms with Crippen LogP contribution in [-0.2, 0) is 9.68 Å². The first-order valence-electron chi connectivity index (χ1n) is 10.3. The molecular formula is C18H41N7O2. The van der Waals surface area contributed by atoms with E-state index in [1.807, 2.05) is 0 Å². The van der Waals surface area contributed by atoms with E-state index in [0.717, 1.165) is 38.8 Å². The number of hydrogen-bond donors (Lipinski definition) is 5. The van der Waals surface area contributed by atoms with Crippen LogP contribution in [0.3, 0.4) is 0 Å². The van der Waals surface area contributed by atoms with Crippen LogP contribution in [0.1, 0.15) is 77.0 Å². The fourth-order valence-electron chi connectivity index (χ4n) is 2.61. The number of nitrogens with two attached hydrogens (primary N) is 4. The number of oxime groups is 2. The molecule has 0 saturated carbocycles. The summed E-state index contributed by atoms with van der Waals surface area (Å²) < 4.78 is 0. The van der Waals surface area contributed by atoms with Crippen molar-refractivity contribution in [3.63, 3.8) is 0 Å². The van der Waals surface area contributed by atoms with Crippen molar-refractivity contribution in [2.75, 3.05) is 26.3 Å². The third-order valence-corrected chi connectivity index (χ3v) is 4.02. The summed E-state index contributed by atoms with van der Waals surface area (Å²) in [6, 6.07) is 0. The standard InChI is InChI=1S/C18H41N7O2/c19-17(20)24-26-15-11-7-3-1-5-9-13-23-14-10-6-2-4-8-12-16-27-25-18(21)22/h23H,1-16H2,(H4,19,20,24)(H4,21,22,25). The molecule has 0 spiro atoms. The smallest absolute Gasteiger partial charge is 0.228 e. The van der Waals surface area contributed by atoms with E-state index in [2.05, 4.69) is 15.6 Å². The fourth-order valence-corrected chi connectivity index (χ4v) is 2.61. The van der Waals surface area contributed by atoms with E-state index in [9.17, 15) is 0 Å². The first-order chi connectivity index (χ1) is 13.1. The average Bonchev–Trinajstić information content (AvgIpc) is 2.62. The molecule has 9 N–H and O–H groups in total. The zero-order valence-electron chi connectivity index (χ0n) is 16.8. The summed E-state index contributed by atoms with van der Waals surface area (Å²) in [6.45, 7) is 3.42. The molecule has 0 aliphatic heterocycles. The monoisotopic (exact) mass is 387 g/mol. The average molecular weight is 388 g/mol. The van der Waals surface area contributed by atoms with Crippen molar-refractivity contribution in [2.45, 2.75) is 77.0 Å². The maximum Gasteiger partial charge on any atom is 0.228 e. The Balaban J connectivity index is 3.05. The molecule has 0 amide bonds. The predicted molar refractivity (Wildman–Crippen MR) is 112 cm³/mol. The second-order valence-electron chi connectivity index (χ2n) is 6.69. The van der Waals surface area contributed by atoms with E-state index < -0.39 is 0 Å². The maximum absolute atomic E-state index is 5.16. The van der Waals surface area contributed by atoms with Crippen molar-refractivity contribution in [1.82, 2.24) is 5.32 Å². The molecular weight excluding hydrogens is 346 g/mol. The van der Waals surface area contributed by atoms with Gasteiger partial charge in [-0.1, -0.05) is 38.5 Å². The number of nitrogens with zero attached hydrogens (tertiary/aromatic N) is 2. The van der Waals surface area contributed by atoms with Crippen LogP contribution in [0.25, 0.3) is 0 Å². The molecule has 0 bridgehead atoms. The van der Waals surface area contributed by atoms with Gasteiger partial charge in [0.05, 0.1) is 0 Å². The molecule has 0 atom stereocenters.